The number of nitrogens with two attached hydrogens (primary N) is 1. The Morgan fingerprint density at radius 3 is 2.33 bits per heavy atom. The number of methoxy groups -OCH3 is 1. The Hall–Kier alpha value is -3.96. The predicted octanol–water partition coefficient (Wildman–Crippen LogP) is 2.23. The van der Waals surface area contributed by atoms with Crippen molar-refractivity contribution in [3.63, 3.8) is 0 Å². The van der Waals surface area contributed by atoms with Crippen LogP contribution in [0.3, 0.4) is 0 Å². The smallest absolute Gasteiger partial charge is 0.488 e. The fraction of sp³-hybridized carbons (Fsp3) is 0.258. The summed E-state index contributed by atoms with van der Waals surface area (Å²) in [5.41, 5.74) is 10.7. The van der Waals surface area contributed by atoms with Crippen LogP contribution in [-0.2, 0) is 9.59 Å². The molecule has 0 spiro atoms. The van der Waals surface area contributed by atoms with Crippen molar-refractivity contribution < 1.29 is 24.4 Å². The summed E-state index contributed by atoms with van der Waals surface area (Å²) in [6.07, 6.45) is 3.03. The monoisotopic (exact) mass is 590 g/mol. The van der Waals surface area contributed by atoms with Crippen LogP contribution in [0.25, 0.3) is 6.08 Å². The largest absolute Gasteiger partial charge is 0.497 e. The molecule has 0 heterocycles. The summed E-state index contributed by atoms with van der Waals surface area (Å²) in [6, 6.07) is 18.6. The number of benzene rings is 3. The van der Waals surface area contributed by atoms with E-state index in [1.807, 2.05) is 44.2 Å². The molecule has 3 aromatic carbocycles. The van der Waals surface area contributed by atoms with Gasteiger partial charge in [-0.05, 0) is 60.8 Å². The summed E-state index contributed by atoms with van der Waals surface area (Å²) >= 11 is 6.13. The van der Waals surface area contributed by atoms with Crippen molar-refractivity contribution >= 4 is 47.8 Å². The molecule has 0 radical (unpaired) electrons. The van der Waals surface area contributed by atoms with Gasteiger partial charge in [-0.3, -0.25) is 14.6 Å². The van der Waals surface area contributed by atoms with Gasteiger partial charge in [-0.15, -0.1) is 0 Å². The van der Waals surface area contributed by atoms with E-state index in [0.717, 1.165) is 22.3 Å². The lowest BCUT2D eigenvalue weighted by molar-refractivity contribution is -0.122. The zero-order valence-electron chi connectivity index (χ0n) is 23.9. The summed E-state index contributed by atoms with van der Waals surface area (Å²) < 4.78 is 5.44. The lowest BCUT2D eigenvalue weighted by atomic mass is 9.80. The van der Waals surface area contributed by atoms with Crippen molar-refractivity contribution in [2.45, 2.75) is 32.4 Å². The minimum absolute atomic E-state index is 0.0597. The van der Waals surface area contributed by atoms with Crippen molar-refractivity contribution in [3.05, 3.63) is 100 Å². The third kappa shape index (κ3) is 9.85. The van der Waals surface area contributed by atoms with E-state index in [1.54, 1.807) is 49.6 Å². The van der Waals surface area contributed by atoms with Crippen LogP contribution >= 0.6 is 11.6 Å². The van der Waals surface area contributed by atoms with E-state index in [9.17, 15) is 9.59 Å². The standard InChI is InChI=1S/C31H36BClN4O5/c1-20-4-14-26(42-3)18-27(20)31(23-8-12-25(33)13-9-23)37-28(21(2)34)19-30(39)36-17-16-35-29(38)15-7-22-5-10-24(11-6-22)32(40)41/h4-15,18,21,28,40-41H,16-17,19,34H2,1-3H3,(H,35,38)(H,36,39)/b15-7+,37-31-/t21?,28-/m0/s1. The molecule has 6 N–H and O–H groups in total. The number of nitrogens with zero attached hydrogens (tertiary/aromatic N) is 1. The van der Waals surface area contributed by atoms with Gasteiger partial charge in [0.25, 0.3) is 0 Å². The second kappa shape index (κ2) is 15.9. The van der Waals surface area contributed by atoms with Gasteiger partial charge in [-0.1, -0.05) is 54.1 Å². The molecule has 0 aliphatic carbocycles. The molecule has 0 saturated carbocycles. The summed E-state index contributed by atoms with van der Waals surface area (Å²) in [7, 11) is 0.0605. The Morgan fingerprint density at radius 2 is 1.71 bits per heavy atom. The van der Waals surface area contributed by atoms with Gasteiger partial charge in [-0.25, -0.2) is 0 Å². The lowest BCUT2D eigenvalue weighted by Crippen LogP contribution is -2.39. The molecule has 11 heteroatoms. The van der Waals surface area contributed by atoms with Gasteiger partial charge < -0.3 is 31.2 Å². The first kappa shape index (κ1) is 32.6. The number of aryl methyl sites for hydroxylation is 1. The van der Waals surface area contributed by atoms with E-state index < -0.39 is 19.2 Å². The van der Waals surface area contributed by atoms with Crippen LogP contribution in [0.1, 0.15) is 35.6 Å². The zero-order valence-corrected chi connectivity index (χ0v) is 24.6. The van der Waals surface area contributed by atoms with Crippen LogP contribution in [0.15, 0.2) is 77.8 Å². The maximum absolute atomic E-state index is 12.8. The molecule has 0 aromatic heterocycles. The third-order valence-corrected chi connectivity index (χ3v) is 6.77. The zero-order chi connectivity index (χ0) is 30.6. The van der Waals surface area contributed by atoms with Gasteiger partial charge >= 0.3 is 7.12 Å². The number of carbonyl (C=O) groups is 2. The number of rotatable bonds is 13. The molecule has 42 heavy (non-hydrogen) atoms. The van der Waals surface area contributed by atoms with Gasteiger partial charge in [0.15, 0.2) is 0 Å². The molecule has 0 aliphatic heterocycles. The molecular weight excluding hydrogens is 555 g/mol. The first-order valence-electron chi connectivity index (χ1n) is 13.5. The third-order valence-electron chi connectivity index (χ3n) is 6.52. The highest BCUT2D eigenvalue weighted by Gasteiger charge is 2.20. The summed E-state index contributed by atoms with van der Waals surface area (Å²) in [5.74, 6) is 0.119. The number of nitrogens with one attached hydrogen (secondary N) is 2. The second-order valence-corrected chi connectivity index (χ2v) is 10.2. The quantitative estimate of drug-likeness (QED) is 0.0893. The average molecular weight is 591 g/mol. The van der Waals surface area contributed by atoms with E-state index in [4.69, 9.17) is 37.1 Å². The van der Waals surface area contributed by atoms with Crippen LogP contribution in [0.4, 0.5) is 0 Å². The summed E-state index contributed by atoms with van der Waals surface area (Å²) in [5, 5.41) is 24.5. The number of hydrogen-bond donors (Lipinski definition) is 5. The molecule has 3 aromatic rings. The maximum atomic E-state index is 12.8. The molecule has 3 rings (SSSR count). The van der Waals surface area contributed by atoms with Gasteiger partial charge in [0.05, 0.1) is 25.3 Å². The van der Waals surface area contributed by atoms with Crippen molar-refractivity contribution in [2.75, 3.05) is 20.2 Å². The fourth-order valence-corrected chi connectivity index (χ4v) is 4.19. The molecule has 2 amide bonds. The highest BCUT2D eigenvalue weighted by Crippen LogP contribution is 2.23. The Kier molecular flexibility index (Phi) is 12.3. The van der Waals surface area contributed by atoms with Crippen molar-refractivity contribution in [3.8, 4) is 5.75 Å². The highest BCUT2D eigenvalue weighted by atomic mass is 35.5. The number of hydrogen-bond acceptors (Lipinski definition) is 7. The van der Waals surface area contributed by atoms with Crippen LogP contribution in [0.5, 0.6) is 5.75 Å². The van der Waals surface area contributed by atoms with Gasteiger partial charge in [-0.2, -0.15) is 0 Å². The Balaban J connectivity index is 1.63. The Bertz CT molecular complexity index is 1410. The number of aliphatic imine (C=N–C) groups is 1. The van der Waals surface area contributed by atoms with E-state index in [-0.39, 0.29) is 31.3 Å². The number of ether oxygens (including phenoxy) is 1. The van der Waals surface area contributed by atoms with Gasteiger partial charge in [0, 0.05) is 41.4 Å². The number of halogens is 1. The Morgan fingerprint density at radius 1 is 1.05 bits per heavy atom. The van der Waals surface area contributed by atoms with Gasteiger partial charge in [0.2, 0.25) is 11.8 Å². The topological polar surface area (TPSA) is 146 Å². The highest BCUT2D eigenvalue weighted by molar-refractivity contribution is 6.58. The van der Waals surface area contributed by atoms with E-state index in [1.165, 1.54) is 6.08 Å². The van der Waals surface area contributed by atoms with Crippen LogP contribution in [0, 0.1) is 6.92 Å². The molecule has 0 fully saturated rings. The van der Waals surface area contributed by atoms with Gasteiger partial charge in [0.1, 0.15) is 5.75 Å². The second-order valence-electron chi connectivity index (χ2n) is 9.81. The van der Waals surface area contributed by atoms with E-state index in [0.29, 0.717) is 21.9 Å². The minimum atomic E-state index is -1.54. The number of carbonyl (C=O) groups excluding carboxylic acids is 2. The van der Waals surface area contributed by atoms with Crippen molar-refractivity contribution in [1.82, 2.24) is 10.6 Å². The van der Waals surface area contributed by atoms with E-state index in [2.05, 4.69) is 10.6 Å². The predicted molar refractivity (Wildman–Crippen MR) is 168 cm³/mol. The molecular formula is C31H36BClN4O5. The fourth-order valence-electron chi connectivity index (χ4n) is 4.07. The van der Waals surface area contributed by atoms with Crippen LogP contribution in [-0.4, -0.2) is 67.0 Å². The molecule has 2 atom stereocenters. The van der Waals surface area contributed by atoms with E-state index >= 15 is 0 Å². The minimum Gasteiger partial charge on any atom is -0.497 e. The maximum Gasteiger partial charge on any atom is 0.488 e. The molecule has 0 aliphatic rings. The first-order chi connectivity index (χ1) is 20.1. The summed E-state index contributed by atoms with van der Waals surface area (Å²) in [4.78, 5) is 29.9. The SMILES string of the molecule is COc1ccc(C)c(/C(=N\[C@@H](CC(=O)NCCNC(=O)/C=C/c2ccc(B(O)O)cc2)C(C)N)c2ccc(Cl)cc2)c1. The van der Waals surface area contributed by atoms with Crippen LogP contribution < -0.4 is 26.6 Å². The molecule has 0 bridgehead atoms. The Labute approximate surface area is 251 Å². The molecule has 1 unspecified atom stereocenters. The number of amides is 2. The normalized spacial score (nSPS) is 13.0. The van der Waals surface area contributed by atoms with Crippen molar-refractivity contribution in [2.24, 2.45) is 10.7 Å². The molecule has 0 saturated heterocycles. The molecule has 220 valence electrons. The van der Waals surface area contributed by atoms with Crippen molar-refractivity contribution in [1.29, 1.82) is 0 Å². The first-order valence-corrected chi connectivity index (χ1v) is 13.9. The lowest BCUT2D eigenvalue weighted by Gasteiger charge is -2.20. The average Bonchev–Trinajstić information content (AvgIpc) is 2.97. The summed E-state index contributed by atoms with van der Waals surface area (Å²) in [6.45, 7) is 4.26. The van der Waals surface area contributed by atoms with Crippen LogP contribution in [0.2, 0.25) is 5.02 Å². The molecule has 9 nitrogen and oxygen atoms in total.